The van der Waals surface area contributed by atoms with Crippen LogP contribution in [0.4, 0.5) is 14.7 Å². The van der Waals surface area contributed by atoms with Crippen molar-refractivity contribution in [3.8, 4) is 11.3 Å². The molecule has 0 aliphatic carbocycles. The molecule has 2 aromatic heterocycles. The quantitative estimate of drug-likeness (QED) is 0.906. The summed E-state index contributed by atoms with van der Waals surface area (Å²) < 4.78 is 27.1. The molecule has 0 bridgehead atoms. The first kappa shape index (κ1) is 12.3. The maximum absolute atomic E-state index is 13.6. The predicted molar refractivity (Wildman–Crippen MR) is 64.0 cm³/mol. The monoisotopic (exact) mass is 250 g/mol. The Morgan fingerprint density at radius 3 is 2.78 bits per heavy atom. The predicted octanol–water partition coefficient (Wildman–Crippen LogP) is 2.64. The third-order valence-corrected chi connectivity index (χ3v) is 2.30. The summed E-state index contributed by atoms with van der Waals surface area (Å²) in [5, 5.41) is 2.92. The second-order valence-electron chi connectivity index (χ2n) is 3.67. The molecule has 2 heterocycles. The van der Waals surface area contributed by atoms with E-state index >= 15 is 0 Å². The fourth-order valence-corrected chi connectivity index (χ4v) is 1.45. The number of nitrogens with one attached hydrogen (secondary N) is 1. The van der Waals surface area contributed by atoms with Crippen LogP contribution < -0.4 is 5.32 Å². The van der Waals surface area contributed by atoms with E-state index < -0.39 is 11.6 Å². The zero-order valence-corrected chi connectivity index (χ0v) is 9.82. The molecule has 4 nitrogen and oxygen atoms in total. The molecule has 0 saturated heterocycles. The van der Waals surface area contributed by atoms with Crippen molar-refractivity contribution in [2.24, 2.45) is 0 Å². The van der Waals surface area contributed by atoms with Gasteiger partial charge in [0.2, 0.25) is 5.95 Å². The minimum atomic E-state index is -0.665. The summed E-state index contributed by atoms with van der Waals surface area (Å²) in [6.45, 7) is 2.66. The Labute approximate surface area is 103 Å². The first-order valence-corrected chi connectivity index (χ1v) is 5.58. The molecule has 0 fully saturated rings. The van der Waals surface area contributed by atoms with Crippen molar-refractivity contribution in [1.82, 2.24) is 15.0 Å². The van der Waals surface area contributed by atoms with Crippen molar-refractivity contribution < 1.29 is 8.78 Å². The van der Waals surface area contributed by atoms with Gasteiger partial charge in [-0.25, -0.2) is 18.7 Å². The summed E-state index contributed by atoms with van der Waals surface area (Å²) in [6.07, 6.45) is 4.33. The zero-order valence-electron chi connectivity index (χ0n) is 9.82. The Balaban J connectivity index is 2.40. The highest BCUT2D eigenvalue weighted by molar-refractivity contribution is 5.60. The largest absolute Gasteiger partial charge is 0.354 e. The molecule has 2 rings (SSSR count). The number of pyridine rings is 1. The number of hydrogen-bond acceptors (Lipinski definition) is 4. The van der Waals surface area contributed by atoms with Gasteiger partial charge in [0.05, 0.1) is 12.4 Å². The van der Waals surface area contributed by atoms with Crippen molar-refractivity contribution in [2.75, 3.05) is 11.9 Å². The average Bonchev–Trinajstić information content (AvgIpc) is 2.39. The molecule has 0 spiro atoms. The van der Waals surface area contributed by atoms with Gasteiger partial charge in [-0.05, 0) is 12.5 Å². The average molecular weight is 250 g/mol. The molecule has 0 aromatic carbocycles. The highest BCUT2D eigenvalue weighted by Gasteiger charge is 2.13. The van der Waals surface area contributed by atoms with Crippen LogP contribution in [0.5, 0.6) is 0 Å². The number of nitrogens with zero attached hydrogens (tertiary/aromatic N) is 3. The van der Waals surface area contributed by atoms with Crippen LogP contribution in [0.2, 0.25) is 0 Å². The molecule has 0 atom stereocenters. The van der Waals surface area contributed by atoms with Crippen LogP contribution in [-0.2, 0) is 0 Å². The van der Waals surface area contributed by atoms with Crippen molar-refractivity contribution in [3.63, 3.8) is 0 Å². The van der Waals surface area contributed by atoms with Crippen LogP contribution in [0.3, 0.4) is 0 Å². The van der Waals surface area contributed by atoms with Gasteiger partial charge in [0.15, 0.2) is 11.6 Å². The van der Waals surface area contributed by atoms with Gasteiger partial charge >= 0.3 is 0 Å². The summed E-state index contributed by atoms with van der Waals surface area (Å²) in [6, 6.07) is 1.38. The van der Waals surface area contributed by atoms with Crippen LogP contribution in [0.1, 0.15) is 13.3 Å². The van der Waals surface area contributed by atoms with Gasteiger partial charge in [-0.15, -0.1) is 0 Å². The molecule has 0 aliphatic rings. The van der Waals surface area contributed by atoms with Crippen molar-refractivity contribution in [2.45, 2.75) is 13.3 Å². The van der Waals surface area contributed by atoms with E-state index in [-0.39, 0.29) is 17.2 Å². The van der Waals surface area contributed by atoms with E-state index in [0.717, 1.165) is 18.8 Å². The van der Waals surface area contributed by atoms with E-state index in [9.17, 15) is 8.78 Å². The highest BCUT2D eigenvalue weighted by atomic mass is 19.1. The summed E-state index contributed by atoms with van der Waals surface area (Å²) in [5.41, 5.74) is 0.00736. The SMILES string of the molecule is CCCNc1ncc(F)c(-c2ccncc2F)n1. The Kier molecular flexibility index (Phi) is 3.76. The topological polar surface area (TPSA) is 50.7 Å². The standard InChI is InChI=1S/C12H12F2N4/c1-2-4-16-12-17-7-10(14)11(18-12)8-3-5-15-6-9(8)13/h3,5-7H,2,4H2,1H3,(H,16,17,18). The Bertz CT molecular complexity index is 545. The van der Waals surface area contributed by atoms with E-state index in [1.807, 2.05) is 6.92 Å². The first-order chi connectivity index (χ1) is 8.72. The van der Waals surface area contributed by atoms with Gasteiger partial charge in [0, 0.05) is 18.3 Å². The minimum Gasteiger partial charge on any atom is -0.354 e. The lowest BCUT2D eigenvalue weighted by molar-refractivity contribution is 0.604. The second kappa shape index (κ2) is 5.48. The lowest BCUT2D eigenvalue weighted by Gasteiger charge is -2.07. The van der Waals surface area contributed by atoms with Gasteiger partial charge in [0.1, 0.15) is 5.69 Å². The summed E-state index contributed by atoms with van der Waals surface area (Å²) in [5.74, 6) is -0.997. The molecule has 0 unspecified atom stereocenters. The number of anilines is 1. The fraction of sp³-hybridized carbons (Fsp3) is 0.250. The maximum Gasteiger partial charge on any atom is 0.223 e. The van der Waals surface area contributed by atoms with Gasteiger partial charge < -0.3 is 5.32 Å². The second-order valence-corrected chi connectivity index (χ2v) is 3.67. The number of hydrogen-bond donors (Lipinski definition) is 1. The molecule has 94 valence electrons. The van der Waals surface area contributed by atoms with Crippen molar-refractivity contribution in [1.29, 1.82) is 0 Å². The minimum absolute atomic E-state index is 0.0662. The number of halogens is 2. The summed E-state index contributed by atoms with van der Waals surface area (Å²) >= 11 is 0. The first-order valence-electron chi connectivity index (χ1n) is 5.58. The van der Waals surface area contributed by atoms with Gasteiger partial charge in [0.25, 0.3) is 0 Å². The molecule has 2 aromatic rings. The van der Waals surface area contributed by atoms with E-state index in [2.05, 4.69) is 20.3 Å². The Hall–Kier alpha value is -2.11. The third kappa shape index (κ3) is 2.58. The van der Waals surface area contributed by atoms with Crippen LogP contribution in [0, 0.1) is 11.6 Å². The lowest BCUT2D eigenvalue weighted by atomic mass is 10.2. The van der Waals surface area contributed by atoms with Gasteiger partial charge in [-0.3, -0.25) is 4.98 Å². The molecule has 0 aliphatic heterocycles. The molecule has 0 saturated carbocycles. The Morgan fingerprint density at radius 1 is 1.22 bits per heavy atom. The summed E-state index contributed by atoms with van der Waals surface area (Å²) in [7, 11) is 0. The molecule has 0 amide bonds. The molecular formula is C12H12F2N4. The molecule has 6 heteroatoms. The number of aromatic nitrogens is 3. The molecular weight excluding hydrogens is 238 g/mol. The van der Waals surface area contributed by atoms with E-state index in [1.54, 1.807) is 0 Å². The maximum atomic E-state index is 13.6. The van der Waals surface area contributed by atoms with Crippen LogP contribution in [-0.4, -0.2) is 21.5 Å². The van der Waals surface area contributed by atoms with E-state index in [0.29, 0.717) is 6.54 Å². The van der Waals surface area contributed by atoms with Crippen molar-refractivity contribution in [3.05, 3.63) is 36.3 Å². The third-order valence-electron chi connectivity index (χ3n) is 2.30. The lowest BCUT2D eigenvalue weighted by Crippen LogP contribution is -2.06. The van der Waals surface area contributed by atoms with Crippen LogP contribution in [0.25, 0.3) is 11.3 Å². The number of rotatable bonds is 4. The van der Waals surface area contributed by atoms with E-state index in [1.165, 1.54) is 12.3 Å². The molecule has 1 N–H and O–H groups in total. The summed E-state index contributed by atoms with van der Waals surface area (Å²) in [4.78, 5) is 11.4. The fourth-order valence-electron chi connectivity index (χ4n) is 1.45. The van der Waals surface area contributed by atoms with Crippen molar-refractivity contribution >= 4 is 5.95 Å². The highest BCUT2D eigenvalue weighted by Crippen LogP contribution is 2.23. The molecule has 18 heavy (non-hydrogen) atoms. The van der Waals surface area contributed by atoms with Crippen LogP contribution >= 0.6 is 0 Å². The molecule has 0 radical (unpaired) electrons. The zero-order chi connectivity index (χ0) is 13.0. The van der Waals surface area contributed by atoms with E-state index in [4.69, 9.17) is 0 Å². The van der Waals surface area contributed by atoms with Crippen LogP contribution in [0.15, 0.2) is 24.7 Å². The van der Waals surface area contributed by atoms with Gasteiger partial charge in [-0.1, -0.05) is 6.92 Å². The van der Waals surface area contributed by atoms with Gasteiger partial charge in [-0.2, -0.15) is 0 Å². The Morgan fingerprint density at radius 2 is 2.06 bits per heavy atom. The normalized spacial score (nSPS) is 10.4. The smallest absolute Gasteiger partial charge is 0.223 e.